The molecule has 1 atom stereocenters. The molecule has 0 aliphatic heterocycles. The van der Waals surface area contributed by atoms with Crippen molar-refractivity contribution in [3.63, 3.8) is 0 Å². The van der Waals surface area contributed by atoms with E-state index in [2.05, 4.69) is 37.9 Å². The second kappa shape index (κ2) is 5.77. The average molecular weight is 263 g/mol. The first-order valence-electron chi connectivity index (χ1n) is 5.93. The van der Waals surface area contributed by atoms with Crippen LogP contribution in [0.3, 0.4) is 0 Å². The first-order chi connectivity index (χ1) is 8.69. The Morgan fingerprint density at radius 3 is 2.78 bits per heavy atom. The van der Waals surface area contributed by atoms with Gasteiger partial charge in [0.15, 0.2) is 0 Å². The van der Waals surface area contributed by atoms with Crippen LogP contribution in [-0.4, -0.2) is 21.5 Å². The number of anilines is 2. The summed E-state index contributed by atoms with van der Waals surface area (Å²) in [5.41, 5.74) is 1.06. The third-order valence-corrected chi connectivity index (χ3v) is 3.54. The highest BCUT2D eigenvalue weighted by Gasteiger charge is 2.10. The molecule has 0 aliphatic rings. The van der Waals surface area contributed by atoms with Crippen molar-refractivity contribution in [3.8, 4) is 0 Å². The van der Waals surface area contributed by atoms with Crippen molar-refractivity contribution in [2.45, 2.75) is 26.8 Å². The SMILES string of the molecule is CCNc1cc(NC(C)c2nc(C)cs2)ncn1. The maximum Gasteiger partial charge on any atom is 0.132 e. The van der Waals surface area contributed by atoms with Crippen molar-refractivity contribution in [2.75, 3.05) is 17.2 Å². The third-order valence-electron chi connectivity index (χ3n) is 2.40. The van der Waals surface area contributed by atoms with Crippen molar-refractivity contribution < 1.29 is 0 Å². The Labute approximate surface area is 111 Å². The monoisotopic (exact) mass is 263 g/mol. The summed E-state index contributed by atoms with van der Waals surface area (Å²) < 4.78 is 0. The zero-order valence-electron chi connectivity index (χ0n) is 10.8. The summed E-state index contributed by atoms with van der Waals surface area (Å²) in [6, 6.07) is 2.05. The van der Waals surface area contributed by atoms with Crippen LogP contribution in [0.1, 0.15) is 30.6 Å². The number of hydrogen-bond acceptors (Lipinski definition) is 6. The van der Waals surface area contributed by atoms with Gasteiger partial charge in [0.25, 0.3) is 0 Å². The Kier molecular flexibility index (Phi) is 4.09. The number of thiazole rings is 1. The van der Waals surface area contributed by atoms with Gasteiger partial charge in [-0.2, -0.15) is 0 Å². The zero-order valence-corrected chi connectivity index (χ0v) is 11.6. The zero-order chi connectivity index (χ0) is 13.0. The number of hydrogen-bond donors (Lipinski definition) is 2. The summed E-state index contributed by atoms with van der Waals surface area (Å²) in [7, 11) is 0. The van der Waals surface area contributed by atoms with Gasteiger partial charge in [-0.1, -0.05) is 0 Å². The second-order valence-electron chi connectivity index (χ2n) is 4.01. The Hall–Kier alpha value is -1.69. The summed E-state index contributed by atoms with van der Waals surface area (Å²) >= 11 is 1.66. The lowest BCUT2D eigenvalue weighted by atomic mass is 10.3. The van der Waals surface area contributed by atoms with Crippen LogP contribution in [0.2, 0.25) is 0 Å². The van der Waals surface area contributed by atoms with Gasteiger partial charge in [-0.05, 0) is 20.8 Å². The van der Waals surface area contributed by atoms with Crippen molar-refractivity contribution in [2.24, 2.45) is 0 Å². The van der Waals surface area contributed by atoms with E-state index in [-0.39, 0.29) is 6.04 Å². The number of nitrogens with zero attached hydrogens (tertiary/aromatic N) is 3. The number of aryl methyl sites for hydroxylation is 1. The fraction of sp³-hybridized carbons (Fsp3) is 0.417. The standard InChI is InChI=1S/C12H17N5S/c1-4-13-10-5-11(15-7-14-10)17-9(3)12-16-8(2)6-18-12/h5-7,9H,4H2,1-3H3,(H2,13,14,15,17). The molecule has 0 aromatic carbocycles. The van der Waals surface area contributed by atoms with E-state index in [4.69, 9.17) is 0 Å². The quantitative estimate of drug-likeness (QED) is 0.868. The van der Waals surface area contributed by atoms with E-state index in [1.165, 1.54) is 0 Å². The highest BCUT2D eigenvalue weighted by atomic mass is 32.1. The summed E-state index contributed by atoms with van der Waals surface area (Å²) in [4.78, 5) is 12.8. The molecule has 0 radical (unpaired) electrons. The van der Waals surface area contributed by atoms with Gasteiger partial charge in [0, 0.05) is 23.7 Å². The second-order valence-corrected chi connectivity index (χ2v) is 4.90. The van der Waals surface area contributed by atoms with Crippen molar-refractivity contribution in [1.82, 2.24) is 15.0 Å². The van der Waals surface area contributed by atoms with Crippen LogP contribution in [-0.2, 0) is 0 Å². The Balaban J connectivity index is 2.06. The van der Waals surface area contributed by atoms with Crippen molar-refractivity contribution in [3.05, 3.63) is 28.5 Å². The largest absolute Gasteiger partial charge is 0.370 e. The summed E-state index contributed by atoms with van der Waals surface area (Å²) in [6.07, 6.45) is 1.56. The molecule has 96 valence electrons. The maximum absolute atomic E-state index is 4.46. The van der Waals surface area contributed by atoms with Gasteiger partial charge in [-0.3, -0.25) is 0 Å². The molecular formula is C12H17N5S. The molecule has 0 bridgehead atoms. The van der Waals surface area contributed by atoms with Crippen molar-refractivity contribution >= 4 is 23.0 Å². The molecule has 0 fully saturated rings. The van der Waals surface area contributed by atoms with Gasteiger partial charge < -0.3 is 10.6 Å². The van der Waals surface area contributed by atoms with Gasteiger partial charge in [-0.15, -0.1) is 11.3 Å². The van der Waals surface area contributed by atoms with E-state index in [1.54, 1.807) is 17.7 Å². The van der Waals surface area contributed by atoms with Crippen molar-refractivity contribution in [1.29, 1.82) is 0 Å². The van der Waals surface area contributed by atoms with Crippen LogP contribution in [0.15, 0.2) is 17.8 Å². The Bertz CT molecular complexity index is 511. The van der Waals surface area contributed by atoms with Crippen LogP contribution < -0.4 is 10.6 Å². The minimum absolute atomic E-state index is 0.146. The van der Waals surface area contributed by atoms with Gasteiger partial charge in [0.1, 0.15) is 23.0 Å². The number of aromatic nitrogens is 3. The average Bonchev–Trinajstić information content (AvgIpc) is 2.77. The van der Waals surface area contributed by atoms with E-state index in [0.29, 0.717) is 0 Å². The summed E-state index contributed by atoms with van der Waals surface area (Å²) in [6.45, 7) is 6.96. The minimum atomic E-state index is 0.146. The molecule has 2 rings (SSSR count). The Morgan fingerprint density at radius 1 is 1.33 bits per heavy atom. The van der Waals surface area contributed by atoms with E-state index in [0.717, 1.165) is 28.9 Å². The first-order valence-corrected chi connectivity index (χ1v) is 6.81. The smallest absolute Gasteiger partial charge is 0.132 e. The van der Waals surface area contributed by atoms with E-state index in [1.807, 2.05) is 19.9 Å². The van der Waals surface area contributed by atoms with Crippen LogP contribution in [0, 0.1) is 6.92 Å². The predicted molar refractivity (Wildman–Crippen MR) is 75.1 cm³/mol. The van der Waals surface area contributed by atoms with E-state index < -0.39 is 0 Å². The van der Waals surface area contributed by atoms with Crippen LogP contribution >= 0.6 is 11.3 Å². The molecule has 0 saturated carbocycles. The fourth-order valence-corrected chi connectivity index (χ4v) is 2.37. The van der Waals surface area contributed by atoms with Crippen LogP contribution in [0.25, 0.3) is 0 Å². The molecule has 1 unspecified atom stereocenters. The highest BCUT2D eigenvalue weighted by Crippen LogP contribution is 2.21. The lowest BCUT2D eigenvalue weighted by Crippen LogP contribution is -2.09. The molecule has 18 heavy (non-hydrogen) atoms. The molecule has 2 heterocycles. The molecule has 0 saturated heterocycles. The molecule has 6 heteroatoms. The molecule has 2 N–H and O–H groups in total. The predicted octanol–water partition coefficient (Wildman–Crippen LogP) is 2.85. The van der Waals surface area contributed by atoms with Crippen LogP contribution in [0.5, 0.6) is 0 Å². The summed E-state index contributed by atoms with van der Waals surface area (Å²) in [5.74, 6) is 1.64. The molecule has 5 nitrogen and oxygen atoms in total. The fourth-order valence-electron chi connectivity index (χ4n) is 1.57. The molecular weight excluding hydrogens is 246 g/mol. The highest BCUT2D eigenvalue weighted by molar-refractivity contribution is 7.09. The third kappa shape index (κ3) is 3.16. The van der Waals surface area contributed by atoms with Gasteiger partial charge in [0.2, 0.25) is 0 Å². The van der Waals surface area contributed by atoms with Gasteiger partial charge in [-0.25, -0.2) is 15.0 Å². The first kappa shape index (κ1) is 12.8. The lowest BCUT2D eigenvalue weighted by Gasteiger charge is -2.12. The normalized spacial score (nSPS) is 12.2. The van der Waals surface area contributed by atoms with Crippen LogP contribution in [0.4, 0.5) is 11.6 Å². The van der Waals surface area contributed by atoms with Gasteiger partial charge >= 0.3 is 0 Å². The molecule has 0 aliphatic carbocycles. The summed E-state index contributed by atoms with van der Waals surface area (Å²) in [5, 5.41) is 9.61. The molecule has 2 aromatic rings. The van der Waals surface area contributed by atoms with E-state index in [9.17, 15) is 0 Å². The number of rotatable bonds is 5. The maximum atomic E-state index is 4.46. The molecule has 0 amide bonds. The molecule has 0 spiro atoms. The topological polar surface area (TPSA) is 62.7 Å². The minimum Gasteiger partial charge on any atom is -0.370 e. The van der Waals surface area contributed by atoms with E-state index >= 15 is 0 Å². The molecule has 2 aromatic heterocycles. The van der Waals surface area contributed by atoms with Gasteiger partial charge in [0.05, 0.1) is 6.04 Å². The Morgan fingerprint density at radius 2 is 2.11 bits per heavy atom. The number of nitrogens with one attached hydrogen (secondary N) is 2. The lowest BCUT2D eigenvalue weighted by molar-refractivity contribution is 0.853.